The first-order chi connectivity index (χ1) is 15.6. The molecule has 0 amide bonds. The van der Waals surface area contributed by atoms with E-state index < -0.39 is 5.97 Å². The Balaban J connectivity index is 0.00000187. The molecule has 7 heteroatoms. The standard InChI is InChI=1S/C24H35NO4S2.C2H6/c1-16-5-11-19(12-6-16)29-31-25(17-7-9-18(26)10-8-17)21-15-20(13-14-24(2,3)4)30-22(21)23(27)28;1-2/h15-19,26H,5-12H2,1-4H3,(H,27,28);1-2H3. The van der Waals surface area contributed by atoms with Crippen molar-refractivity contribution in [1.29, 1.82) is 0 Å². The summed E-state index contributed by atoms with van der Waals surface area (Å²) in [4.78, 5) is 13.1. The van der Waals surface area contributed by atoms with E-state index in [0.29, 0.717) is 10.6 Å². The van der Waals surface area contributed by atoms with Crippen molar-refractivity contribution in [3.8, 4) is 11.8 Å². The average Bonchev–Trinajstić information content (AvgIpc) is 3.20. The molecule has 1 heterocycles. The molecule has 1 aromatic rings. The molecule has 33 heavy (non-hydrogen) atoms. The molecule has 5 nitrogen and oxygen atoms in total. The molecule has 3 rings (SSSR count). The van der Waals surface area contributed by atoms with E-state index in [-0.39, 0.29) is 23.7 Å². The Morgan fingerprint density at radius 2 is 1.73 bits per heavy atom. The van der Waals surface area contributed by atoms with Crippen LogP contribution in [0.3, 0.4) is 0 Å². The minimum Gasteiger partial charge on any atom is -0.477 e. The van der Waals surface area contributed by atoms with Crippen LogP contribution in [0.25, 0.3) is 0 Å². The molecule has 0 unspecified atom stereocenters. The zero-order chi connectivity index (χ0) is 24.6. The minimum atomic E-state index is -0.934. The molecule has 2 saturated carbocycles. The van der Waals surface area contributed by atoms with Crippen molar-refractivity contribution in [2.24, 2.45) is 11.3 Å². The number of nitrogens with zero attached hydrogens (tertiary/aromatic N) is 1. The van der Waals surface area contributed by atoms with Crippen LogP contribution in [-0.4, -0.2) is 34.4 Å². The van der Waals surface area contributed by atoms with Gasteiger partial charge in [0.1, 0.15) is 17.1 Å². The number of anilines is 1. The molecule has 2 N–H and O–H groups in total. The maximum absolute atomic E-state index is 12.1. The molecule has 2 aliphatic rings. The van der Waals surface area contributed by atoms with Gasteiger partial charge in [0.2, 0.25) is 0 Å². The summed E-state index contributed by atoms with van der Waals surface area (Å²) < 4.78 is 8.29. The fourth-order valence-electron chi connectivity index (χ4n) is 4.03. The summed E-state index contributed by atoms with van der Waals surface area (Å²) in [6, 6.07) is 2.03. The van der Waals surface area contributed by atoms with Crippen LogP contribution in [0.2, 0.25) is 0 Å². The van der Waals surface area contributed by atoms with E-state index in [2.05, 4.69) is 18.8 Å². The number of hydrogen-bond acceptors (Lipinski definition) is 6. The fraction of sp³-hybridized carbons (Fsp3) is 0.731. The number of aliphatic hydroxyl groups is 1. The van der Waals surface area contributed by atoms with Gasteiger partial charge in [0.25, 0.3) is 0 Å². The molecule has 0 radical (unpaired) electrons. The van der Waals surface area contributed by atoms with Gasteiger partial charge in [-0.05, 0) is 84.1 Å². The Hall–Kier alpha value is -1.20. The molecule has 0 bridgehead atoms. The summed E-state index contributed by atoms with van der Waals surface area (Å²) >= 11 is 2.54. The SMILES string of the molecule is CC.CC1CCC(OSN(c2cc(C#CC(C)(C)C)sc2C(=O)O)C2CCC(O)CC2)CC1. The highest BCUT2D eigenvalue weighted by molar-refractivity contribution is 7.96. The molecule has 0 spiro atoms. The maximum Gasteiger partial charge on any atom is 0.348 e. The fourth-order valence-corrected chi connectivity index (χ4v) is 5.90. The number of carboxylic acid groups (broad SMARTS) is 1. The smallest absolute Gasteiger partial charge is 0.348 e. The lowest BCUT2D eigenvalue weighted by Crippen LogP contribution is -2.36. The van der Waals surface area contributed by atoms with Gasteiger partial charge >= 0.3 is 5.97 Å². The van der Waals surface area contributed by atoms with Crippen LogP contribution in [0.5, 0.6) is 0 Å². The first kappa shape index (κ1) is 28.0. The van der Waals surface area contributed by atoms with Gasteiger partial charge in [-0.1, -0.05) is 32.6 Å². The third-order valence-electron chi connectivity index (χ3n) is 5.93. The second kappa shape index (κ2) is 13.0. The second-order valence-electron chi connectivity index (χ2n) is 9.97. The maximum atomic E-state index is 12.1. The Labute approximate surface area is 208 Å². The van der Waals surface area contributed by atoms with E-state index in [1.165, 1.54) is 36.4 Å². The molecule has 2 fully saturated rings. The lowest BCUT2D eigenvalue weighted by atomic mass is 9.89. The summed E-state index contributed by atoms with van der Waals surface area (Å²) in [5.41, 5.74) is 0.522. The van der Waals surface area contributed by atoms with E-state index in [9.17, 15) is 15.0 Å². The van der Waals surface area contributed by atoms with Crippen LogP contribution in [0.4, 0.5) is 5.69 Å². The third-order valence-corrected chi connectivity index (χ3v) is 7.97. The number of aromatic carboxylic acids is 1. The molecule has 0 aromatic carbocycles. The van der Waals surface area contributed by atoms with Crippen LogP contribution in [0, 0.1) is 23.2 Å². The summed E-state index contributed by atoms with van der Waals surface area (Å²) in [6.07, 6.45) is 7.46. The van der Waals surface area contributed by atoms with Crippen molar-refractivity contribution in [1.82, 2.24) is 0 Å². The molecule has 1 aromatic heterocycles. The zero-order valence-corrected chi connectivity index (χ0v) is 22.7. The van der Waals surface area contributed by atoms with Crippen molar-refractivity contribution >= 4 is 35.2 Å². The largest absolute Gasteiger partial charge is 0.477 e. The predicted molar refractivity (Wildman–Crippen MR) is 140 cm³/mol. The van der Waals surface area contributed by atoms with Crippen molar-refractivity contribution in [2.45, 2.75) is 111 Å². The lowest BCUT2D eigenvalue weighted by molar-refractivity contribution is 0.0702. The molecular weight excluding hydrogens is 454 g/mol. The minimum absolute atomic E-state index is 0.132. The van der Waals surface area contributed by atoms with Gasteiger partial charge in [0, 0.05) is 11.5 Å². The van der Waals surface area contributed by atoms with Gasteiger partial charge in [0.15, 0.2) is 0 Å². The van der Waals surface area contributed by atoms with Crippen LogP contribution in [0.1, 0.15) is 107 Å². The van der Waals surface area contributed by atoms with Gasteiger partial charge in [-0.2, -0.15) is 0 Å². The van der Waals surface area contributed by atoms with E-state index >= 15 is 0 Å². The number of hydrogen-bond donors (Lipinski definition) is 2. The molecule has 0 atom stereocenters. The lowest BCUT2D eigenvalue weighted by Gasteiger charge is -2.36. The normalized spacial score (nSPS) is 25.3. The van der Waals surface area contributed by atoms with Crippen molar-refractivity contribution in [2.75, 3.05) is 4.31 Å². The Bertz CT molecular complexity index is 804. The van der Waals surface area contributed by atoms with E-state index in [1.807, 2.05) is 45.0 Å². The molecule has 0 saturated heterocycles. The number of carbonyl (C=O) groups is 1. The van der Waals surface area contributed by atoms with Crippen molar-refractivity contribution in [3.63, 3.8) is 0 Å². The highest BCUT2D eigenvalue weighted by Gasteiger charge is 2.31. The predicted octanol–water partition coefficient (Wildman–Crippen LogP) is 7.14. The topological polar surface area (TPSA) is 70.0 Å². The average molecular weight is 496 g/mol. The van der Waals surface area contributed by atoms with Crippen LogP contribution >= 0.6 is 23.6 Å². The second-order valence-corrected chi connectivity index (χ2v) is 11.8. The van der Waals surface area contributed by atoms with Gasteiger partial charge in [-0.25, -0.2) is 4.79 Å². The van der Waals surface area contributed by atoms with E-state index in [1.54, 1.807) is 0 Å². The van der Waals surface area contributed by atoms with Gasteiger partial charge < -0.3 is 10.2 Å². The Kier molecular flexibility index (Phi) is 11.1. The first-order valence-corrected chi connectivity index (χ1v) is 13.8. The van der Waals surface area contributed by atoms with Crippen molar-refractivity contribution in [3.05, 3.63) is 15.8 Å². The zero-order valence-electron chi connectivity index (χ0n) is 21.0. The van der Waals surface area contributed by atoms with E-state index in [0.717, 1.165) is 49.3 Å². The first-order valence-electron chi connectivity index (χ1n) is 12.3. The molecule has 2 aliphatic carbocycles. The van der Waals surface area contributed by atoms with Gasteiger partial charge in [-0.3, -0.25) is 8.49 Å². The van der Waals surface area contributed by atoms with Gasteiger partial charge in [-0.15, -0.1) is 11.3 Å². The molecule has 186 valence electrons. The summed E-state index contributed by atoms with van der Waals surface area (Å²) in [5.74, 6) is 6.19. The number of aliphatic hydroxyl groups excluding tert-OH is 1. The summed E-state index contributed by atoms with van der Waals surface area (Å²) in [7, 11) is 0. The highest BCUT2D eigenvalue weighted by Crippen LogP contribution is 2.40. The number of thiophene rings is 1. The van der Waals surface area contributed by atoms with Crippen LogP contribution in [-0.2, 0) is 4.18 Å². The van der Waals surface area contributed by atoms with Gasteiger partial charge in [0.05, 0.1) is 22.8 Å². The molecular formula is C26H41NO4S2. The monoisotopic (exact) mass is 495 g/mol. The Morgan fingerprint density at radius 1 is 1.12 bits per heavy atom. The number of carboxylic acids is 1. The third kappa shape index (κ3) is 8.83. The summed E-state index contributed by atoms with van der Waals surface area (Å²) in [5, 5.41) is 19.9. The summed E-state index contributed by atoms with van der Waals surface area (Å²) in [6.45, 7) is 12.4. The highest BCUT2D eigenvalue weighted by atomic mass is 32.2. The Morgan fingerprint density at radius 3 is 2.27 bits per heavy atom. The van der Waals surface area contributed by atoms with Crippen LogP contribution in [0.15, 0.2) is 6.07 Å². The van der Waals surface area contributed by atoms with Crippen molar-refractivity contribution < 1.29 is 19.2 Å². The molecule has 0 aliphatic heterocycles. The van der Waals surface area contributed by atoms with E-state index in [4.69, 9.17) is 4.18 Å². The number of rotatable bonds is 6. The quantitative estimate of drug-likeness (QED) is 0.248. The van der Waals surface area contributed by atoms with Crippen LogP contribution < -0.4 is 4.31 Å².